The molecule has 4 N–H and O–H groups in total. The largest absolute Gasteiger partial charge is 0.465 e. The molecule has 1 unspecified atom stereocenters. The van der Waals surface area contributed by atoms with Crippen LogP contribution in [0.1, 0.15) is 43.3 Å². The Bertz CT molecular complexity index is 922. The molecule has 1 aromatic heterocycles. The summed E-state index contributed by atoms with van der Waals surface area (Å²) < 4.78 is 13.5. The van der Waals surface area contributed by atoms with Gasteiger partial charge in [-0.15, -0.1) is 11.3 Å². The molecule has 2 atom stereocenters. The van der Waals surface area contributed by atoms with Crippen molar-refractivity contribution in [2.75, 3.05) is 12.3 Å². The number of piperidine rings is 1. The van der Waals surface area contributed by atoms with E-state index in [1.165, 1.54) is 28.4 Å². The molecule has 0 spiro atoms. The van der Waals surface area contributed by atoms with Gasteiger partial charge in [-0.1, -0.05) is 32.9 Å². The normalized spacial score (nSPS) is 19.8. The topological polar surface area (TPSA) is 95.7 Å². The monoisotopic (exact) mass is 419 g/mol. The molecule has 0 aliphatic carbocycles. The van der Waals surface area contributed by atoms with Crippen LogP contribution in [-0.4, -0.2) is 40.6 Å². The molecule has 2 amide bonds. The maximum Gasteiger partial charge on any atom is 0.407 e. The van der Waals surface area contributed by atoms with E-state index in [1.54, 1.807) is 18.2 Å². The molecule has 0 saturated carbocycles. The average Bonchev–Trinajstić information content (AvgIpc) is 3.02. The summed E-state index contributed by atoms with van der Waals surface area (Å²) in [5.41, 5.74) is 6.71. The summed E-state index contributed by atoms with van der Waals surface area (Å²) >= 11 is 1.20. The van der Waals surface area contributed by atoms with E-state index in [2.05, 4.69) is 5.32 Å². The number of amides is 2. The van der Waals surface area contributed by atoms with Gasteiger partial charge >= 0.3 is 6.09 Å². The van der Waals surface area contributed by atoms with Crippen molar-refractivity contribution in [2.24, 2.45) is 5.41 Å². The summed E-state index contributed by atoms with van der Waals surface area (Å²) in [6.45, 7) is 6.37. The molecule has 1 saturated heterocycles. The first-order valence-corrected chi connectivity index (χ1v) is 10.3. The minimum atomic E-state index is -0.979. The van der Waals surface area contributed by atoms with Gasteiger partial charge in [0.05, 0.1) is 17.8 Å². The molecule has 1 fully saturated rings. The van der Waals surface area contributed by atoms with E-state index < -0.39 is 6.09 Å². The van der Waals surface area contributed by atoms with Crippen LogP contribution in [0.5, 0.6) is 0 Å². The molecule has 3 rings (SSSR count). The Morgan fingerprint density at radius 1 is 1.31 bits per heavy atom. The fourth-order valence-corrected chi connectivity index (χ4v) is 5.01. The summed E-state index contributed by atoms with van der Waals surface area (Å²) in [5, 5.41) is 12.6. The lowest BCUT2D eigenvalue weighted by molar-refractivity contribution is 0.0359. The van der Waals surface area contributed by atoms with Crippen LogP contribution in [0.15, 0.2) is 30.3 Å². The van der Waals surface area contributed by atoms with Crippen molar-refractivity contribution in [3.63, 3.8) is 0 Å². The minimum Gasteiger partial charge on any atom is -0.465 e. The van der Waals surface area contributed by atoms with E-state index in [9.17, 15) is 19.1 Å². The summed E-state index contributed by atoms with van der Waals surface area (Å²) in [6.07, 6.45) is 0.394. The number of halogens is 1. The number of anilines is 1. The Hall–Kier alpha value is -2.61. The maximum atomic E-state index is 13.5. The number of thiophene rings is 1. The first-order chi connectivity index (χ1) is 13.6. The van der Waals surface area contributed by atoms with E-state index in [1.807, 2.05) is 20.8 Å². The molecule has 2 heterocycles. The second kappa shape index (κ2) is 8.02. The Morgan fingerprint density at radius 2 is 2.03 bits per heavy atom. The van der Waals surface area contributed by atoms with Crippen LogP contribution in [0.3, 0.4) is 0 Å². The molecule has 0 radical (unpaired) electrons. The van der Waals surface area contributed by atoms with Crippen LogP contribution < -0.4 is 11.1 Å². The number of nitrogens with one attached hydrogen (secondary N) is 1. The SMILES string of the molecule is CC(C)(C)C1[C@@H](NC(=O)c2sc(-c3cccc(F)c3)cc2N)CCCN1C(=O)O. The smallest absolute Gasteiger partial charge is 0.407 e. The van der Waals surface area contributed by atoms with Gasteiger partial charge in [-0.2, -0.15) is 0 Å². The molecular formula is C21H26FN3O3S. The second-order valence-corrected chi connectivity index (χ2v) is 9.47. The zero-order chi connectivity index (χ0) is 21.3. The lowest BCUT2D eigenvalue weighted by atomic mass is 9.77. The highest BCUT2D eigenvalue weighted by atomic mass is 32.1. The highest BCUT2D eigenvalue weighted by Gasteiger charge is 2.42. The van der Waals surface area contributed by atoms with Crippen molar-refractivity contribution < 1.29 is 19.1 Å². The molecule has 1 aliphatic rings. The summed E-state index contributed by atoms with van der Waals surface area (Å²) in [5.74, 6) is -0.689. The zero-order valence-corrected chi connectivity index (χ0v) is 17.6. The van der Waals surface area contributed by atoms with Crippen molar-refractivity contribution in [1.29, 1.82) is 0 Å². The quantitative estimate of drug-likeness (QED) is 0.686. The van der Waals surface area contributed by atoms with Crippen LogP contribution in [0.2, 0.25) is 0 Å². The molecule has 0 bridgehead atoms. The highest BCUT2D eigenvalue weighted by Crippen LogP contribution is 2.35. The predicted molar refractivity (Wildman–Crippen MR) is 113 cm³/mol. The van der Waals surface area contributed by atoms with Crippen molar-refractivity contribution >= 4 is 29.0 Å². The number of carbonyl (C=O) groups excluding carboxylic acids is 1. The lowest BCUT2D eigenvalue weighted by Crippen LogP contribution is -2.61. The van der Waals surface area contributed by atoms with Crippen LogP contribution in [0, 0.1) is 11.2 Å². The van der Waals surface area contributed by atoms with Gasteiger partial charge in [-0.25, -0.2) is 9.18 Å². The Morgan fingerprint density at radius 3 is 2.66 bits per heavy atom. The molecule has 1 aromatic carbocycles. The van der Waals surface area contributed by atoms with Crippen LogP contribution >= 0.6 is 11.3 Å². The van der Waals surface area contributed by atoms with E-state index in [0.29, 0.717) is 40.4 Å². The molecule has 2 aromatic rings. The number of likely N-dealkylation sites (tertiary alicyclic amines) is 1. The first-order valence-electron chi connectivity index (χ1n) is 9.53. The third-order valence-corrected chi connectivity index (χ3v) is 6.36. The predicted octanol–water partition coefficient (Wildman–Crippen LogP) is 4.42. The molecule has 6 nitrogen and oxygen atoms in total. The van der Waals surface area contributed by atoms with Crippen molar-refractivity contribution in [3.8, 4) is 10.4 Å². The summed E-state index contributed by atoms with van der Waals surface area (Å²) in [7, 11) is 0. The number of carbonyl (C=O) groups is 2. The van der Waals surface area contributed by atoms with Crippen molar-refractivity contribution in [1.82, 2.24) is 10.2 Å². The number of hydrogen-bond donors (Lipinski definition) is 3. The third-order valence-electron chi connectivity index (χ3n) is 5.16. The fraction of sp³-hybridized carbons (Fsp3) is 0.429. The van der Waals surface area contributed by atoms with Crippen molar-refractivity contribution in [2.45, 2.75) is 45.7 Å². The van der Waals surface area contributed by atoms with E-state index in [4.69, 9.17) is 5.73 Å². The van der Waals surface area contributed by atoms with Crippen molar-refractivity contribution in [3.05, 3.63) is 41.0 Å². The van der Waals surface area contributed by atoms with Gasteiger partial charge in [0.2, 0.25) is 0 Å². The number of nitrogens with zero attached hydrogens (tertiary/aromatic N) is 1. The molecule has 8 heteroatoms. The van der Waals surface area contributed by atoms with Gasteiger partial charge in [0, 0.05) is 11.4 Å². The number of benzene rings is 1. The van der Waals surface area contributed by atoms with E-state index in [-0.39, 0.29) is 29.2 Å². The lowest BCUT2D eigenvalue weighted by Gasteiger charge is -2.46. The Kier molecular flexibility index (Phi) is 5.84. The van der Waals surface area contributed by atoms with E-state index >= 15 is 0 Å². The minimum absolute atomic E-state index is 0.313. The van der Waals surface area contributed by atoms with Gasteiger partial charge in [-0.05, 0) is 42.0 Å². The average molecular weight is 420 g/mol. The molecular weight excluding hydrogens is 393 g/mol. The standard InChI is InChI=1S/C21H26FN3O3S/c1-21(2,3)18-15(8-5-9-25(18)20(27)28)24-19(26)17-14(23)11-16(29-17)12-6-4-7-13(22)10-12/h4,6-7,10-11,15,18H,5,8-9,23H2,1-3H3,(H,24,26)(H,27,28)/t15-,18?/m0/s1. The summed E-state index contributed by atoms with van der Waals surface area (Å²) in [4.78, 5) is 27.2. The van der Waals surface area contributed by atoms with Gasteiger partial charge in [-0.3, -0.25) is 4.79 Å². The Balaban J connectivity index is 1.84. The number of nitrogens with two attached hydrogens (primary N) is 1. The maximum absolute atomic E-state index is 13.5. The van der Waals surface area contributed by atoms with Gasteiger partial charge < -0.3 is 21.1 Å². The van der Waals surface area contributed by atoms with Gasteiger partial charge in [0.1, 0.15) is 10.7 Å². The number of rotatable bonds is 3. The molecule has 156 valence electrons. The summed E-state index contributed by atoms with van der Waals surface area (Å²) in [6, 6.07) is 7.13. The number of carboxylic acid groups (broad SMARTS) is 1. The second-order valence-electron chi connectivity index (χ2n) is 8.41. The van der Waals surface area contributed by atoms with Gasteiger partial charge in [0.15, 0.2) is 0 Å². The zero-order valence-electron chi connectivity index (χ0n) is 16.7. The Labute approximate surface area is 173 Å². The van der Waals surface area contributed by atoms with Gasteiger partial charge in [0.25, 0.3) is 5.91 Å². The van der Waals surface area contributed by atoms with Crippen LogP contribution in [0.4, 0.5) is 14.9 Å². The van der Waals surface area contributed by atoms with Crippen LogP contribution in [-0.2, 0) is 0 Å². The molecule has 1 aliphatic heterocycles. The fourth-order valence-electron chi connectivity index (χ4n) is 4.03. The first kappa shape index (κ1) is 21.1. The number of nitrogen functional groups attached to an aromatic ring is 1. The molecule has 29 heavy (non-hydrogen) atoms. The third kappa shape index (κ3) is 4.53. The number of hydrogen-bond acceptors (Lipinski definition) is 4. The van der Waals surface area contributed by atoms with Crippen LogP contribution in [0.25, 0.3) is 10.4 Å². The van der Waals surface area contributed by atoms with E-state index in [0.717, 1.165) is 0 Å². The highest BCUT2D eigenvalue weighted by molar-refractivity contribution is 7.18.